The van der Waals surface area contributed by atoms with Crippen LogP contribution in [0, 0.1) is 40.9 Å². The second kappa shape index (κ2) is 14.7. The highest BCUT2D eigenvalue weighted by atomic mass is 16.7. The lowest BCUT2D eigenvalue weighted by molar-refractivity contribution is -0.317. The molecule has 2 aliphatic carbocycles. The molecule has 0 spiro atoms. The fourth-order valence-corrected chi connectivity index (χ4v) is 8.50. The maximum Gasteiger partial charge on any atom is 0.186 e. The van der Waals surface area contributed by atoms with Crippen LogP contribution in [-0.2, 0) is 14.3 Å². The summed E-state index contributed by atoms with van der Waals surface area (Å²) < 4.78 is 12.1. The number of hydrogen-bond donors (Lipinski definition) is 6. The molecule has 0 aromatic rings. The van der Waals surface area contributed by atoms with E-state index in [1.54, 1.807) is 0 Å². The van der Waals surface area contributed by atoms with Crippen molar-refractivity contribution in [2.75, 3.05) is 13.2 Å². The molecule has 3 rings (SSSR count). The van der Waals surface area contributed by atoms with Gasteiger partial charge in [-0.05, 0) is 74.7 Å². The zero-order valence-electron chi connectivity index (χ0n) is 26.5. The van der Waals surface area contributed by atoms with E-state index in [2.05, 4.69) is 19.9 Å². The predicted octanol–water partition coefficient (Wildman–Crippen LogP) is 2.75. The average Bonchev–Trinajstić information content (AvgIpc) is 2.93. The van der Waals surface area contributed by atoms with E-state index >= 15 is 0 Å². The van der Waals surface area contributed by atoms with Gasteiger partial charge in [0, 0.05) is 24.4 Å². The third-order valence-corrected chi connectivity index (χ3v) is 10.6. The van der Waals surface area contributed by atoms with Crippen molar-refractivity contribution < 1.29 is 44.9 Å². The lowest BCUT2D eigenvalue weighted by Gasteiger charge is -2.55. The molecule has 0 aromatic carbocycles. The molecular formula is C33H56O9. The maximum absolute atomic E-state index is 14.0. The molecule has 9 nitrogen and oxygen atoms in total. The Morgan fingerprint density at radius 1 is 1.17 bits per heavy atom. The van der Waals surface area contributed by atoms with Gasteiger partial charge in [-0.25, -0.2) is 0 Å². The van der Waals surface area contributed by atoms with Gasteiger partial charge in [-0.1, -0.05) is 52.3 Å². The first-order valence-electron chi connectivity index (χ1n) is 15.9. The first kappa shape index (κ1) is 35.3. The van der Waals surface area contributed by atoms with Crippen LogP contribution in [0.15, 0.2) is 23.3 Å². The summed E-state index contributed by atoms with van der Waals surface area (Å²) in [6.07, 6.45) is -1.41. The van der Waals surface area contributed by atoms with Crippen LogP contribution in [0.5, 0.6) is 0 Å². The third kappa shape index (κ3) is 7.04. The molecule has 42 heavy (non-hydrogen) atoms. The lowest BCUT2D eigenvalue weighted by atomic mass is 9.48. The normalized spacial score (nSPS) is 41.5. The van der Waals surface area contributed by atoms with E-state index in [1.165, 1.54) is 0 Å². The summed E-state index contributed by atoms with van der Waals surface area (Å²) in [5.74, 6) is 0.415. The summed E-state index contributed by atoms with van der Waals surface area (Å²) in [5, 5.41) is 62.5. The zero-order chi connectivity index (χ0) is 31.5. The fourth-order valence-electron chi connectivity index (χ4n) is 8.50. The van der Waals surface area contributed by atoms with E-state index in [0.29, 0.717) is 18.3 Å². The van der Waals surface area contributed by atoms with Crippen LogP contribution in [0.2, 0.25) is 0 Å². The molecule has 3 aliphatic rings. The summed E-state index contributed by atoms with van der Waals surface area (Å²) in [4.78, 5) is 14.0. The third-order valence-electron chi connectivity index (χ3n) is 10.6. The van der Waals surface area contributed by atoms with Crippen molar-refractivity contribution in [3.05, 3.63) is 23.3 Å². The number of ether oxygens (including phenoxy) is 2. The van der Waals surface area contributed by atoms with Gasteiger partial charge in [0.1, 0.15) is 30.2 Å². The second-order valence-corrected chi connectivity index (χ2v) is 13.7. The number of aliphatic hydroxyl groups is 6. The minimum Gasteiger partial charge on any atom is -0.396 e. The van der Waals surface area contributed by atoms with E-state index in [4.69, 9.17) is 9.47 Å². The van der Waals surface area contributed by atoms with Crippen LogP contribution in [-0.4, -0.2) is 92.5 Å². The summed E-state index contributed by atoms with van der Waals surface area (Å²) >= 11 is 0. The van der Waals surface area contributed by atoms with E-state index in [-0.39, 0.29) is 36.6 Å². The molecule has 1 heterocycles. The molecule has 0 aromatic heterocycles. The summed E-state index contributed by atoms with van der Waals surface area (Å²) in [6, 6.07) is 0. The molecule has 0 amide bonds. The van der Waals surface area contributed by atoms with Gasteiger partial charge in [-0.2, -0.15) is 0 Å². The Morgan fingerprint density at radius 3 is 2.43 bits per heavy atom. The monoisotopic (exact) mass is 596 g/mol. The summed E-state index contributed by atoms with van der Waals surface area (Å²) in [7, 11) is 0. The maximum atomic E-state index is 14.0. The number of carbonyl (C=O) groups is 1. The van der Waals surface area contributed by atoms with Gasteiger partial charge in [-0.15, -0.1) is 0 Å². The van der Waals surface area contributed by atoms with Gasteiger partial charge >= 0.3 is 0 Å². The molecule has 0 radical (unpaired) electrons. The number of rotatable bonds is 12. The average molecular weight is 597 g/mol. The molecule has 2 fully saturated rings. The summed E-state index contributed by atoms with van der Waals surface area (Å²) in [5.41, 5.74) is 1.05. The predicted molar refractivity (Wildman–Crippen MR) is 159 cm³/mol. The Balaban J connectivity index is 2.06. The van der Waals surface area contributed by atoms with Gasteiger partial charge in [-0.3, -0.25) is 4.79 Å². The smallest absolute Gasteiger partial charge is 0.186 e. The highest BCUT2D eigenvalue weighted by molar-refractivity contribution is 5.86. The number of aliphatic hydroxyl groups excluding tert-OH is 6. The molecule has 0 bridgehead atoms. The minimum absolute atomic E-state index is 0.0145. The SMILES string of the molecule is CCC=C(C)C(O)C(C)C(CC1C(C)=CC2CC(C)CC(C)C2C1(C)C(=O)CCO)OC1OC(CO)C(O)C(O)C1O. The van der Waals surface area contributed by atoms with Gasteiger partial charge in [0.15, 0.2) is 6.29 Å². The van der Waals surface area contributed by atoms with Crippen molar-refractivity contribution in [3.8, 4) is 0 Å². The van der Waals surface area contributed by atoms with Crippen molar-refractivity contribution in [1.82, 2.24) is 0 Å². The van der Waals surface area contributed by atoms with Crippen molar-refractivity contribution in [1.29, 1.82) is 0 Å². The topological polar surface area (TPSA) is 157 Å². The highest BCUT2D eigenvalue weighted by Gasteiger charge is 2.56. The number of fused-ring (bicyclic) bond motifs is 1. The van der Waals surface area contributed by atoms with E-state index in [0.717, 1.165) is 30.4 Å². The van der Waals surface area contributed by atoms with E-state index in [9.17, 15) is 35.4 Å². The molecule has 6 N–H and O–H groups in total. The molecule has 14 atom stereocenters. The number of hydrogen-bond acceptors (Lipinski definition) is 9. The Hall–Kier alpha value is -1.17. The van der Waals surface area contributed by atoms with Crippen LogP contribution in [0.4, 0.5) is 0 Å². The minimum atomic E-state index is -1.60. The van der Waals surface area contributed by atoms with Gasteiger partial charge in [0.2, 0.25) is 0 Å². The van der Waals surface area contributed by atoms with Crippen molar-refractivity contribution >= 4 is 5.78 Å². The van der Waals surface area contributed by atoms with Crippen molar-refractivity contribution in [2.24, 2.45) is 40.9 Å². The summed E-state index contributed by atoms with van der Waals surface area (Å²) in [6.45, 7) is 13.4. The number of carbonyl (C=O) groups excluding carboxylic acids is 1. The molecule has 1 saturated carbocycles. The zero-order valence-corrected chi connectivity index (χ0v) is 26.5. The van der Waals surface area contributed by atoms with Gasteiger partial charge < -0.3 is 40.1 Å². The largest absolute Gasteiger partial charge is 0.396 e. The van der Waals surface area contributed by atoms with Crippen LogP contribution >= 0.6 is 0 Å². The number of allylic oxidation sites excluding steroid dienone is 3. The number of Topliss-reactive ketones (excluding diaryl/α,β-unsaturated/α-hetero) is 1. The van der Waals surface area contributed by atoms with Gasteiger partial charge in [0.25, 0.3) is 0 Å². The quantitative estimate of drug-likeness (QED) is 0.186. The Morgan fingerprint density at radius 2 is 1.83 bits per heavy atom. The number of ketones is 1. The highest BCUT2D eigenvalue weighted by Crippen LogP contribution is 2.58. The molecule has 1 saturated heterocycles. The fraction of sp³-hybridized carbons (Fsp3) is 0.848. The van der Waals surface area contributed by atoms with E-state index < -0.39 is 60.9 Å². The van der Waals surface area contributed by atoms with Crippen LogP contribution < -0.4 is 0 Å². The van der Waals surface area contributed by atoms with Crippen LogP contribution in [0.1, 0.15) is 80.6 Å². The Bertz CT molecular complexity index is 963. The second-order valence-electron chi connectivity index (χ2n) is 13.7. The molecule has 242 valence electrons. The molecule has 1 aliphatic heterocycles. The standard InChI is InChI=1S/C33H56O9/c1-8-9-18(3)28(37)21(6)24(41-32-31(40)30(39)29(38)25(16-35)42-32)15-23-19(4)14-22-13-17(2)12-20(5)27(22)33(23,7)26(36)10-11-34/h9,14,17,20-25,27-32,34-35,37-40H,8,10-13,15-16H2,1-7H3. The Kier molecular flexibility index (Phi) is 12.4. The van der Waals surface area contributed by atoms with Crippen molar-refractivity contribution in [3.63, 3.8) is 0 Å². The molecular weight excluding hydrogens is 540 g/mol. The van der Waals surface area contributed by atoms with Gasteiger partial charge in [0.05, 0.1) is 18.8 Å². The lowest BCUT2D eigenvalue weighted by Crippen LogP contribution is -2.60. The Labute approximate surface area is 251 Å². The van der Waals surface area contributed by atoms with Crippen LogP contribution in [0.3, 0.4) is 0 Å². The molecule has 14 unspecified atom stereocenters. The van der Waals surface area contributed by atoms with Crippen molar-refractivity contribution in [2.45, 2.75) is 123 Å². The van der Waals surface area contributed by atoms with E-state index in [1.807, 2.05) is 40.7 Å². The first-order chi connectivity index (χ1) is 19.7. The van der Waals surface area contributed by atoms with Crippen LogP contribution in [0.25, 0.3) is 0 Å². The first-order valence-corrected chi connectivity index (χ1v) is 15.9. The molecule has 9 heteroatoms.